The highest BCUT2D eigenvalue weighted by Crippen LogP contribution is 2.49. The molecule has 0 atom stereocenters. The molecule has 174 valence electrons. The van der Waals surface area contributed by atoms with Crippen molar-refractivity contribution in [1.29, 1.82) is 0 Å². The van der Waals surface area contributed by atoms with Gasteiger partial charge in [-0.25, -0.2) is 4.98 Å². The van der Waals surface area contributed by atoms with Crippen LogP contribution in [-0.2, 0) is 17.3 Å². The van der Waals surface area contributed by atoms with Crippen LogP contribution in [0.1, 0.15) is 100 Å². The molecule has 2 fully saturated rings. The summed E-state index contributed by atoms with van der Waals surface area (Å²) in [5.74, 6) is 1.76. The molecule has 2 aromatic heterocycles. The van der Waals surface area contributed by atoms with Gasteiger partial charge in [-0.05, 0) is 55.1 Å². The quantitative estimate of drug-likeness (QED) is 0.457. The smallest absolute Gasteiger partial charge is 0.388 e. The van der Waals surface area contributed by atoms with Crippen molar-refractivity contribution >= 4 is 0 Å². The van der Waals surface area contributed by atoms with E-state index in [1.165, 1.54) is 5.56 Å². The first-order valence-corrected chi connectivity index (χ1v) is 11.5. The van der Waals surface area contributed by atoms with Gasteiger partial charge in [-0.2, -0.15) is 8.78 Å². The Balaban J connectivity index is 1.77. The first-order chi connectivity index (χ1) is 15.0. The zero-order valence-corrected chi connectivity index (χ0v) is 20.0. The number of halogens is 2. The normalized spacial score (nSPS) is 17.0. The summed E-state index contributed by atoms with van der Waals surface area (Å²) >= 11 is 0. The lowest BCUT2D eigenvalue weighted by Crippen LogP contribution is -2.26. The summed E-state index contributed by atoms with van der Waals surface area (Å²) in [5, 5.41) is 0. The van der Waals surface area contributed by atoms with Gasteiger partial charge < -0.3 is 9.47 Å². The minimum Gasteiger partial charge on any atom is -0.496 e. The lowest BCUT2D eigenvalue weighted by atomic mass is 9.77. The van der Waals surface area contributed by atoms with Gasteiger partial charge >= 0.3 is 6.61 Å². The first kappa shape index (κ1) is 22.9. The van der Waals surface area contributed by atoms with Crippen molar-refractivity contribution in [3.05, 3.63) is 46.4 Å². The van der Waals surface area contributed by atoms with Gasteiger partial charge in [0.15, 0.2) is 0 Å². The molecule has 2 aliphatic carbocycles. The Kier molecular flexibility index (Phi) is 5.93. The SMILES string of the molecule is COc1cc(CC(C)(C)c2c(C3CC3)ccnc2OC(F)F)nc(C2CC2)c1C(C)(C)C. The van der Waals surface area contributed by atoms with E-state index in [9.17, 15) is 8.78 Å². The van der Waals surface area contributed by atoms with E-state index in [4.69, 9.17) is 14.5 Å². The second-order valence-electron chi connectivity index (χ2n) is 10.9. The topological polar surface area (TPSA) is 44.2 Å². The number of methoxy groups -OCH3 is 1. The number of aromatic nitrogens is 2. The van der Waals surface area contributed by atoms with Crippen LogP contribution in [0.4, 0.5) is 8.78 Å². The highest BCUT2D eigenvalue weighted by atomic mass is 19.3. The van der Waals surface area contributed by atoms with Crippen molar-refractivity contribution in [3.63, 3.8) is 0 Å². The van der Waals surface area contributed by atoms with E-state index < -0.39 is 12.0 Å². The highest BCUT2D eigenvalue weighted by Gasteiger charge is 2.38. The number of ether oxygens (including phenoxy) is 2. The molecule has 2 aromatic rings. The summed E-state index contributed by atoms with van der Waals surface area (Å²) in [5.41, 5.74) is 4.49. The molecule has 0 N–H and O–H groups in total. The molecule has 0 bridgehead atoms. The predicted octanol–water partition coefficient (Wildman–Crippen LogP) is 6.66. The van der Waals surface area contributed by atoms with Crippen LogP contribution < -0.4 is 9.47 Å². The van der Waals surface area contributed by atoms with Crippen LogP contribution in [0.5, 0.6) is 11.6 Å². The number of nitrogens with zero attached hydrogens (tertiary/aromatic N) is 2. The molecule has 32 heavy (non-hydrogen) atoms. The lowest BCUT2D eigenvalue weighted by molar-refractivity contribution is -0.0540. The summed E-state index contributed by atoms with van der Waals surface area (Å²) in [6.45, 7) is 7.79. The molecular formula is C26H34F2N2O2. The summed E-state index contributed by atoms with van der Waals surface area (Å²) in [4.78, 5) is 9.30. The third kappa shape index (κ3) is 4.74. The maximum atomic E-state index is 13.2. The molecule has 4 nitrogen and oxygen atoms in total. The highest BCUT2D eigenvalue weighted by molar-refractivity contribution is 5.48. The number of pyridine rings is 2. The minimum atomic E-state index is -2.91. The van der Waals surface area contributed by atoms with Crippen LogP contribution in [-0.4, -0.2) is 23.7 Å². The molecule has 4 rings (SSSR count). The molecule has 0 spiro atoms. The minimum absolute atomic E-state index is 0.0371. The van der Waals surface area contributed by atoms with E-state index in [1.807, 2.05) is 12.1 Å². The van der Waals surface area contributed by atoms with Gasteiger partial charge in [0.1, 0.15) is 5.75 Å². The molecule has 0 radical (unpaired) electrons. The second-order valence-corrected chi connectivity index (χ2v) is 10.9. The number of rotatable bonds is 8. The summed E-state index contributed by atoms with van der Waals surface area (Å²) < 4.78 is 37.1. The zero-order chi connectivity index (χ0) is 23.3. The standard InChI is InChI=1S/C26H34F2N2O2/c1-25(2,3)21-19(31-6)13-17(30-22(21)16-9-10-16)14-26(4,5)20-18(15-7-8-15)11-12-29-23(20)32-24(27)28/h11-13,15-16,24H,7-10,14H2,1-6H3. The van der Waals surface area contributed by atoms with Crippen molar-refractivity contribution in [2.75, 3.05) is 7.11 Å². The molecule has 0 amide bonds. The third-order valence-corrected chi connectivity index (χ3v) is 6.46. The van der Waals surface area contributed by atoms with E-state index in [-0.39, 0.29) is 11.3 Å². The number of alkyl halides is 2. The monoisotopic (exact) mass is 444 g/mol. The van der Waals surface area contributed by atoms with Crippen molar-refractivity contribution in [2.24, 2.45) is 0 Å². The summed E-state index contributed by atoms with van der Waals surface area (Å²) in [6.07, 6.45) is 6.59. The largest absolute Gasteiger partial charge is 0.496 e. The van der Waals surface area contributed by atoms with E-state index >= 15 is 0 Å². The molecule has 2 aliphatic rings. The van der Waals surface area contributed by atoms with Crippen LogP contribution in [0.3, 0.4) is 0 Å². The summed E-state index contributed by atoms with van der Waals surface area (Å²) in [6, 6.07) is 3.98. The number of hydrogen-bond acceptors (Lipinski definition) is 4. The molecule has 0 unspecified atom stereocenters. The van der Waals surface area contributed by atoms with E-state index in [1.54, 1.807) is 13.3 Å². The fourth-order valence-electron chi connectivity index (χ4n) is 4.84. The number of hydrogen-bond donors (Lipinski definition) is 0. The van der Waals surface area contributed by atoms with Gasteiger partial charge in [-0.15, -0.1) is 0 Å². The average molecular weight is 445 g/mol. The Bertz CT molecular complexity index is 990. The Morgan fingerprint density at radius 3 is 2.22 bits per heavy atom. The second kappa shape index (κ2) is 8.27. The average Bonchev–Trinajstić information content (AvgIpc) is 3.58. The van der Waals surface area contributed by atoms with E-state index in [2.05, 4.69) is 39.6 Å². The van der Waals surface area contributed by atoms with Crippen LogP contribution in [0.25, 0.3) is 0 Å². The maximum Gasteiger partial charge on any atom is 0.388 e. The van der Waals surface area contributed by atoms with Gasteiger partial charge in [0.2, 0.25) is 5.88 Å². The Morgan fingerprint density at radius 2 is 1.69 bits per heavy atom. The summed E-state index contributed by atoms with van der Waals surface area (Å²) in [7, 11) is 1.71. The Morgan fingerprint density at radius 1 is 1.03 bits per heavy atom. The van der Waals surface area contributed by atoms with Crippen LogP contribution in [0.2, 0.25) is 0 Å². The van der Waals surface area contributed by atoms with Crippen molar-refractivity contribution in [3.8, 4) is 11.6 Å². The van der Waals surface area contributed by atoms with Crippen LogP contribution in [0.15, 0.2) is 18.3 Å². The molecule has 2 saturated carbocycles. The van der Waals surface area contributed by atoms with Crippen LogP contribution in [0, 0.1) is 0 Å². The molecule has 2 heterocycles. The van der Waals surface area contributed by atoms with E-state index in [0.717, 1.165) is 53.9 Å². The van der Waals surface area contributed by atoms with Gasteiger partial charge in [-0.1, -0.05) is 34.6 Å². The molecule has 0 aliphatic heterocycles. The fourth-order valence-corrected chi connectivity index (χ4v) is 4.84. The molecule has 0 saturated heterocycles. The lowest BCUT2D eigenvalue weighted by Gasteiger charge is -2.31. The van der Waals surface area contributed by atoms with Crippen molar-refractivity contribution in [2.45, 2.75) is 96.0 Å². The fraction of sp³-hybridized carbons (Fsp3) is 0.615. The van der Waals surface area contributed by atoms with Crippen molar-refractivity contribution < 1.29 is 18.3 Å². The van der Waals surface area contributed by atoms with Gasteiger partial charge in [-0.3, -0.25) is 4.98 Å². The molecule has 6 heteroatoms. The van der Waals surface area contributed by atoms with Gasteiger partial charge in [0, 0.05) is 40.4 Å². The third-order valence-electron chi connectivity index (χ3n) is 6.46. The van der Waals surface area contributed by atoms with Gasteiger partial charge in [0.25, 0.3) is 0 Å². The van der Waals surface area contributed by atoms with Crippen molar-refractivity contribution in [1.82, 2.24) is 9.97 Å². The predicted molar refractivity (Wildman–Crippen MR) is 121 cm³/mol. The molecule has 0 aromatic carbocycles. The van der Waals surface area contributed by atoms with E-state index in [0.29, 0.717) is 18.3 Å². The Labute approximate surface area is 189 Å². The maximum absolute atomic E-state index is 13.2. The van der Waals surface area contributed by atoms with Gasteiger partial charge in [0.05, 0.1) is 12.8 Å². The Hall–Kier alpha value is -2.24. The molecular weight excluding hydrogens is 410 g/mol. The first-order valence-electron chi connectivity index (χ1n) is 11.5. The zero-order valence-electron chi connectivity index (χ0n) is 20.0. The van der Waals surface area contributed by atoms with Crippen LogP contribution >= 0.6 is 0 Å².